The Labute approximate surface area is 240 Å². The van der Waals surface area contributed by atoms with E-state index in [2.05, 4.69) is 19.9 Å². The average Bonchev–Trinajstić information content (AvgIpc) is 3.46. The number of nitrogens with zero attached hydrogens (tertiary/aromatic N) is 5. The molecule has 1 unspecified atom stereocenters. The summed E-state index contributed by atoms with van der Waals surface area (Å²) in [7, 11) is 0. The van der Waals surface area contributed by atoms with Crippen LogP contribution in [0.3, 0.4) is 0 Å². The lowest BCUT2D eigenvalue weighted by Crippen LogP contribution is -2.60. The van der Waals surface area contributed by atoms with Crippen LogP contribution in [0.25, 0.3) is 32.9 Å². The van der Waals surface area contributed by atoms with Crippen molar-refractivity contribution in [1.82, 2.24) is 19.9 Å². The van der Waals surface area contributed by atoms with Gasteiger partial charge in [0.2, 0.25) is 0 Å². The van der Waals surface area contributed by atoms with Crippen LogP contribution in [-0.4, -0.2) is 80.2 Å². The van der Waals surface area contributed by atoms with Crippen molar-refractivity contribution in [3.05, 3.63) is 47.7 Å². The molecule has 0 radical (unpaired) electrons. The van der Waals surface area contributed by atoms with E-state index in [1.165, 1.54) is 24.4 Å². The van der Waals surface area contributed by atoms with Gasteiger partial charge in [-0.25, -0.2) is 13.2 Å². The Hall–Kier alpha value is -3.70. The van der Waals surface area contributed by atoms with Crippen molar-refractivity contribution in [3.8, 4) is 23.0 Å². The normalized spacial score (nSPS) is 23.5. The van der Waals surface area contributed by atoms with Crippen LogP contribution in [0, 0.1) is 11.6 Å². The molecule has 220 valence electrons. The highest BCUT2D eigenvalue weighted by Crippen LogP contribution is 2.42. The van der Waals surface area contributed by atoms with Gasteiger partial charge in [0.1, 0.15) is 41.4 Å². The number of aryl methyl sites for hydroxylation is 1. The minimum absolute atomic E-state index is 0.0481. The lowest BCUT2D eigenvalue weighted by Gasteiger charge is -2.45. The van der Waals surface area contributed by atoms with Gasteiger partial charge in [-0.05, 0) is 67.3 Å². The van der Waals surface area contributed by atoms with Crippen molar-refractivity contribution in [2.45, 2.75) is 56.8 Å². The van der Waals surface area contributed by atoms with Crippen molar-refractivity contribution >= 4 is 27.5 Å². The number of rotatable bonds is 6. The number of aromatic nitrogens is 3. The van der Waals surface area contributed by atoms with Gasteiger partial charge < -0.3 is 19.8 Å². The van der Waals surface area contributed by atoms with Crippen molar-refractivity contribution in [2.24, 2.45) is 0 Å². The lowest BCUT2D eigenvalue weighted by molar-refractivity contribution is 0.0305. The summed E-state index contributed by atoms with van der Waals surface area (Å²) in [5.74, 6) is -0.926. The molecule has 0 amide bonds. The largest absolute Gasteiger partial charge is 0.508 e. The van der Waals surface area contributed by atoms with Gasteiger partial charge in [-0.2, -0.15) is 9.97 Å². The van der Waals surface area contributed by atoms with E-state index in [0.717, 1.165) is 19.4 Å². The van der Waals surface area contributed by atoms with Crippen LogP contribution >= 0.6 is 0 Å². The molecule has 3 aliphatic rings. The molecule has 42 heavy (non-hydrogen) atoms. The topological polar surface area (TPSA) is 94.8 Å². The third-order valence-corrected chi connectivity index (χ3v) is 9.00. The molecule has 2 N–H and O–H groups in total. The Bertz CT molecular complexity index is 1730. The first-order valence-corrected chi connectivity index (χ1v) is 14.4. The summed E-state index contributed by atoms with van der Waals surface area (Å²) in [6, 6.07) is 5.72. The number of alkyl halides is 1. The first-order valence-electron chi connectivity index (χ1n) is 14.4. The van der Waals surface area contributed by atoms with Gasteiger partial charge in [-0.3, -0.25) is 9.88 Å². The van der Waals surface area contributed by atoms with Crippen LogP contribution < -0.4 is 9.64 Å². The summed E-state index contributed by atoms with van der Waals surface area (Å²) < 4.78 is 51.8. The number of phenolic OH excluding ortho intramolecular Hbond substituents is 1. The molecule has 3 fully saturated rings. The number of aliphatic hydroxyl groups is 1. The highest BCUT2D eigenvalue weighted by molar-refractivity contribution is 6.01. The van der Waals surface area contributed by atoms with Gasteiger partial charge in [0.15, 0.2) is 5.82 Å². The smallest absolute Gasteiger partial charge is 0.319 e. The SMILES string of the molecule is CCc1c(F)ccc2cc(O)cc(-c3ncc4c(N5CC(C)(O)C5)nc(OCC56CCCN5C[C@H](F)C6)nc4c3F)c12. The molecular weight excluding hydrogens is 547 g/mol. The van der Waals surface area contributed by atoms with Crippen molar-refractivity contribution in [1.29, 1.82) is 0 Å². The van der Waals surface area contributed by atoms with E-state index in [-0.39, 0.29) is 48.2 Å². The Morgan fingerprint density at radius 3 is 2.74 bits per heavy atom. The number of phenols is 1. The molecular formula is C31H32F3N5O3. The number of hydrogen-bond acceptors (Lipinski definition) is 8. The van der Waals surface area contributed by atoms with Crippen molar-refractivity contribution in [3.63, 3.8) is 0 Å². The average molecular weight is 580 g/mol. The zero-order chi connectivity index (χ0) is 29.4. The molecule has 11 heteroatoms. The number of aromatic hydroxyl groups is 1. The summed E-state index contributed by atoms with van der Waals surface area (Å²) >= 11 is 0. The molecule has 0 spiro atoms. The molecule has 2 aromatic carbocycles. The summed E-state index contributed by atoms with van der Waals surface area (Å²) in [6.07, 6.45) is 3.01. The molecule has 5 heterocycles. The van der Waals surface area contributed by atoms with Gasteiger partial charge >= 0.3 is 6.01 Å². The molecule has 0 saturated carbocycles. The molecule has 8 nitrogen and oxygen atoms in total. The van der Waals surface area contributed by atoms with Gasteiger partial charge in [0.05, 0.1) is 16.5 Å². The highest BCUT2D eigenvalue weighted by Gasteiger charge is 2.49. The fourth-order valence-corrected chi connectivity index (χ4v) is 7.12. The second-order valence-corrected chi connectivity index (χ2v) is 12.2. The number of fused-ring (bicyclic) bond motifs is 3. The first kappa shape index (κ1) is 27.2. The maximum atomic E-state index is 16.5. The lowest BCUT2D eigenvalue weighted by atomic mass is 9.94. The Kier molecular flexibility index (Phi) is 6.25. The summed E-state index contributed by atoms with van der Waals surface area (Å²) in [5.41, 5.74) is -0.868. The zero-order valence-corrected chi connectivity index (χ0v) is 23.5. The van der Waals surface area contributed by atoms with E-state index >= 15 is 4.39 Å². The van der Waals surface area contributed by atoms with Crippen molar-refractivity contribution in [2.75, 3.05) is 37.7 Å². The molecule has 4 aromatic rings. The van der Waals surface area contributed by atoms with E-state index < -0.39 is 28.9 Å². The quantitative estimate of drug-likeness (QED) is 0.333. The maximum Gasteiger partial charge on any atom is 0.319 e. The standard InChI is InChI=1S/C31H32F3N5O3/c1-3-20-23(33)6-5-17-9-19(40)10-21(24(17)20)26-25(34)27-22(12-35-26)28(38-14-30(2,41)15-38)37-29(36-27)42-16-31-7-4-8-39(31)13-18(32)11-31/h5-6,9-10,12,18,40-41H,3-4,7-8,11,13-16H2,1-2H3/t18-,31?/m1/s1. The second-order valence-electron chi connectivity index (χ2n) is 12.2. The number of pyridine rings is 1. The fourth-order valence-electron chi connectivity index (χ4n) is 7.12. The molecule has 3 saturated heterocycles. The fraction of sp³-hybridized carbons (Fsp3) is 0.452. The molecule has 2 atom stereocenters. The summed E-state index contributed by atoms with van der Waals surface area (Å²) in [4.78, 5) is 17.4. The van der Waals surface area contributed by atoms with E-state index in [1.807, 2.05) is 6.92 Å². The van der Waals surface area contributed by atoms with Crippen LogP contribution in [0.5, 0.6) is 11.8 Å². The molecule has 0 bridgehead atoms. The Balaban J connectivity index is 1.37. The Morgan fingerprint density at radius 1 is 1.17 bits per heavy atom. The van der Waals surface area contributed by atoms with Crippen molar-refractivity contribution < 1.29 is 28.1 Å². The molecule has 2 aromatic heterocycles. The van der Waals surface area contributed by atoms with Crippen LogP contribution in [0.4, 0.5) is 19.0 Å². The maximum absolute atomic E-state index is 16.5. The number of ether oxygens (including phenoxy) is 1. The van der Waals surface area contributed by atoms with Crippen LogP contribution in [0.15, 0.2) is 30.5 Å². The molecule has 0 aliphatic carbocycles. The first-order chi connectivity index (χ1) is 20.1. The third-order valence-electron chi connectivity index (χ3n) is 9.00. The highest BCUT2D eigenvalue weighted by atomic mass is 19.1. The number of anilines is 1. The summed E-state index contributed by atoms with van der Waals surface area (Å²) in [5, 5.41) is 22.2. The van der Waals surface area contributed by atoms with E-state index in [9.17, 15) is 19.0 Å². The van der Waals surface area contributed by atoms with Crippen LogP contribution in [-0.2, 0) is 6.42 Å². The number of benzene rings is 2. The molecule has 7 rings (SSSR count). The van der Waals surface area contributed by atoms with Gasteiger partial charge in [0.25, 0.3) is 0 Å². The number of β-amino-alcohol motifs (C(OH)–C–C–N with tert-alkyl or cyclic N) is 1. The predicted molar refractivity (Wildman–Crippen MR) is 153 cm³/mol. The third kappa shape index (κ3) is 4.32. The Morgan fingerprint density at radius 2 is 1.98 bits per heavy atom. The molecule has 3 aliphatic heterocycles. The van der Waals surface area contributed by atoms with E-state index in [0.29, 0.717) is 46.9 Å². The number of halogens is 3. The van der Waals surface area contributed by atoms with Crippen LogP contribution in [0.1, 0.15) is 38.7 Å². The minimum atomic E-state index is -0.925. The van der Waals surface area contributed by atoms with Gasteiger partial charge in [-0.15, -0.1) is 0 Å². The van der Waals surface area contributed by atoms with Gasteiger partial charge in [-0.1, -0.05) is 13.0 Å². The number of hydrogen-bond donors (Lipinski definition) is 2. The van der Waals surface area contributed by atoms with Gasteiger partial charge in [0, 0.05) is 37.8 Å². The summed E-state index contributed by atoms with van der Waals surface area (Å²) in [6.45, 7) is 5.42. The van der Waals surface area contributed by atoms with E-state index in [4.69, 9.17) is 4.74 Å². The van der Waals surface area contributed by atoms with E-state index in [1.54, 1.807) is 17.9 Å². The second kappa shape index (κ2) is 9.67. The predicted octanol–water partition coefficient (Wildman–Crippen LogP) is 4.92. The minimum Gasteiger partial charge on any atom is -0.508 e. The van der Waals surface area contributed by atoms with Crippen LogP contribution in [0.2, 0.25) is 0 Å². The monoisotopic (exact) mass is 579 g/mol. The zero-order valence-electron chi connectivity index (χ0n) is 23.5.